The highest BCUT2D eigenvalue weighted by Gasteiger charge is 2.32. The van der Waals surface area contributed by atoms with E-state index in [4.69, 9.17) is 0 Å². The van der Waals surface area contributed by atoms with E-state index in [-0.39, 0.29) is 5.41 Å². The van der Waals surface area contributed by atoms with Crippen molar-refractivity contribution in [2.24, 2.45) is 7.05 Å². The number of aryl methyl sites for hydroxylation is 2. The van der Waals surface area contributed by atoms with Gasteiger partial charge in [0.25, 0.3) is 5.82 Å². The van der Waals surface area contributed by atoms with Crippen LogP contribution in [0, 0.1) is 6.92 Å². The first kappa shape index (κ1) is 26.9. The summed E-state index contributed by atoms with van der Waals surface area (Å²) in [6.45, 7) is 18.4. The van der Waals surface area contributed by atoms with Gasteiger partial charge in [-0.1, -0.05) is 115 Å². The molecule has 5 aromatic rings. The van der Waals surface area contributed by atoms with Gasteiger partial charge in [0, 0.05) is 11.1 Å². The van der Waals surface area contributed by atoms with Crippen LogP contribution >= 0.6 is 0 Å². The molecule has 2 heteroatoms. The Hall–Kier alpha value is -3.65. The van der Waals surface area contributed by atoms with Crippen LogP contribution in [0.25, 0.3) is 39.2 Å². The molecule has 1 aromatic heterocycles. The van der Waals surface area contributed by atoms with Crippen molar-refractivity contribution in [2.75, 3.05) is 0 Å². The highest BCUT2D eigenvalue weighted by molar-refractivity contribution is 5.83. The van der Waals surface area contributed by atoms with E-state index in [2.05, 4.69) is 157 Å². The van der Waals surface area contributed by atoms with Crippen LogP contribution < -0.4 is 4.57 Å². The predicted octanol–water partition coefficient (Wildman–Crippen LogP) is 9.64. The number of benzene rings is 4. The minimum absolute atomic E-state index is 0.0591. The molecule has 39 heavy (non-hydrogen) atoms. The van der Waals surface area contributed by atoms with Crippen LogP contribution in [-0.2, 0) is 12.5 Å². The lowest BCUT2D eigenvalue weighted by Crippen LogP contribution is -2.30. The van der Waals surface area contributed by atoms with Crippen LogP contribution in [0.5, 0.6) is 0 Å². The zero-order chi connectivity index (χ0) is 28.1. The van der Waals surface area contributed by atoms with Crippen molar-refractivity contribution < 1.29 is 4.57 Å². The summed E-state index contributed by atoms with van der Waals surface area (Å²) in [7, 11) is 2.23. The van der Waals surface area contributed by atoms with Crippen molar-refractivity contribution in [1.82, 2.24) is 4.57 Å². The van der Waals surface area contributed by atoms with Gasteiger partial charge in [0.15, 0.2) is 11.0 Å². The van der Waals surface area contributed by atoms with Crippen LogP contribution in [0.3, 0.4) is 0 Å². The highest BCUT2D eigenvalue weighted by atomic mass is 15.2. The van der Waals surface area contributed by atoms with Crippen LogP contribution in [0.2, 0.25) is 0 Å². The molecule has 0 aliphatic heterocycles. The fourth-order valence-electron chi connectivity index (χ4n) is 5.80. The predicted molar refractivity (Wildman–Crippen MR) is 167 cm³/mol. The maximum Gasteiger partial charge on any atom is 0.295 e. The van der Waals surface area contributed by atoms with Crippen molar-refractivity contribution >= 4 is 11.0 Å². The molecule has 0 bridgehead atoms. The maximum atomic E-state index is 2.58. The number of fused-ring (bicyclic) bond motifs is 1. The SMILES string of the molecule is Cc1ccc(-c2ccccc2)cc1-c1n(-c2c(C(C)C)cccc2C(C)C)c2cc(C(C)(C)C)ccc2[n+]1C. The molecule has 0 aliphatic rings. The standard InChI is InChI=1S/C37H43N2/c1-24(2)30-16-13-17-31(25(3)4)35(30)39-34-23-29(37(6,7)8)20-21-33(34)38(9)36(39)32-22-28(19-18-26(32)5)27-14-11-10-12-15-27/h10-25H,1-9H3/q+1. The van der Waals surface area contributed by atoms with Crippen molar-refractivity contribution in [1.29, 1.82) is 0 Å². The van der Waals surface area contributed by atoms with E-state index in [0.717, 1.165) is 0 Å². The number of nitrogens with zero attached hydrogens (tertiary/aromatic N) is 2. The van der Waals surface area contributed by atoms with Gasteiger partial charge in [-0.05, 0) is 64.6 Å². The van der Waals surface area contributed by atoms with Crippen molar-refractivity contribution in [3.63, 3.8) is 0 Å². The molecule has 200 valence electrons. The first-order valence-corrected chi connectivity index (χ1v) is 14.3. The minimum atomic E-state index is 0.0591. The third-order valence-electron chi connectivity index (χ3n) is 8.12. The normalized spacial score (nSPS) is 12.2. The van der Waals surface area contributed by atoms with E-state index in [1.54, 1.807) is 0 Å². The number of para-hydroxylation sites is 1. The Morgan fingerprint density at radius 1 is 0.692 bits per heavy atom. The van der Waals surface area contributed by atoms with Gasteiger partial charge >= 0.3 is 0 Å². The molecular weight excluding hydrogens is 472 g/mol. The third-order valence-corrected chi connectivity index (χ3v) is 8.12. The average Bonchev–Trinajstić information content (AvgIpc) is 3.19. The van der Waals surface area contributed by atoms with Crippen LogP contribution in [-0.4, -0.2) is 4.57 Å². The number of aromatic nitrogens is 2. The number of rotatable bonds is 5. The van der Waals surface area contributed by atoms with Gasteiger partial charge in [0.2, 0.25) is 0 Å². The van der Waals surface area contributed by atoms with Crippen LogP contribution in [0.4, 0.5) is 0 Å². The zero-order valence-electron chi connectivity index (χ0n) is 25.1. The molecule has 0 amide bonds. The summed E-state index contributed by atoms with van der Waals surface area (Å²) in [5.41, 5.74) is 13.0. The average molecular weight is 516 g/mol. The van der Waals surface area contributed by atoms with Gasteiger partial charge in [-0.15, -0.1) is 0 Å². The molecule has 0 spiro atoms. The fourth-order valence-corrected chi connectivity index (χ4v) is 5.80. The van der Waals surface area contributed by atoms with E-state index in [1.165, 1.54) is 61.5 Å². The zero-order valence-corrected chi connectivity index (χ0v) is 25.1. The molecule has 0 atom stereocenters. The van der Waals surface area contributed by atoms with Gasteiger partial charge in [-0.2, -0.15) is 4.57 Å². The number of imidazole rings is 1. The fraction of sp³-hybridized carbons (Fsp3) is 0.324. The molecule has 0 saturated heterocycles. The summed E-state index contributed by atoms with van der Waals surface area (Å²) in [6, 6.07) is 31.6. The minimum Gasteiger partial charge on any atom is -0.225 e. The second kappa shape index (κ2) is 10.2. The number of hydrogen-bond donors (Lipinski definition) is 0. The van der Waals surface area contributed by atoms with Gasteiger partial charge < -0.3 is 0 Å². The maximum absolute atomic E-state index is 2.58. The molecule has 0 saturated carbocycles. The van der Waals surface area contributed by atoms with Gasteiger partial charge in [-0.25, -0.2) is 4.57 Å². The molecule has 2 nitrogen and oxygen atoms in total. The summed E-state index contributed by atoms with van der Waals surface area (Å²) in [4.78, 5) is 0. The highest BCUT2D eigenvalue weighted by Crippen LogP contribution is 2.39. The lowest BCUT2D eigenvalue weighted by atomic mass is 9.87. The first-order chi connectivity index (χ1) is 18.5. The van der Waals surface area contributed by atoms with Crippen molar-refractivity contribution in [3.05, 3.63) is 107 Å². The Bertz CT molecular complexity index is 1620. The third kappa shape index (κ3) is 4.82. The second-order valence-electron chi connectivity index (χ2n) is 12.7. The topological polar surface area (TPSA) is 8.81 Å². The van der Waals surface area contributed by atoms with E-state index in [9.17, 15) is 0 Å². The van der Waals surface area contributed by atoms with Crippen molar-refractivity contribution in [3.8, 4) is 28.2 Å². The van der Waals surface area contributed by atoms with Crippen LogP contribution in [0.15, 0.2) is 84.9 Å². The molecule has 0 aliphatic carbocycles. The van der Waals surface area contributed by atoms with E-state index in [1.807, 2.05) is 0 Å². The molecule has 0 unspecified atom stereocenters. The van der Waals surface area contributed by atoms with E-state index in [0.29, 0.717) is 11.8 Å². The Balaban J connectivity index is 1.96. The molecule has 5 rings (SSSR count). The molecule has 4 aromatic carbocycles. The van der Waals surface area contributed by atoms with Gasteiger partial charge in [-0.3, -0.25) is 0 Å². The van der Waals surface area contributed by atoms with Gasteiger partial charge in [0.05, 0.1) is 12.6 Å². The van der Waals surface area contributed by atoms with Crippen LogP contribution in [0.1, 0.15) is 82.6 Å². The monoisotopic (exact) mass is 515 g/mol. The Labute approximate surface area is 235 Å². The molecular formula is C37H43N2+. The largest absolute Gasteiger partial charge is 0.295 e. The lowest BCUT2D eigenvalue weighted by Gasteiger charge is -2.20. The summed E-state index contributed by atoms with van der Waals surface area (Å²) >= 11 is 0. The summed E-state index contributed by atoms with van der Waals surface area (Å²) in [5.74, 6) is 2.02. The molecule has 1 heterocycles. The Kier molecular flexibility index (Phi) is 7.01. The van der Waals surface area contributed by atoms with E-state index >= 15 is 0 Å². The summed E-state index contributed by atoms with van der Waals surface area (Å²) < 4.78 is 4.98. The smallest absolute Gasteiger partial charge is 0.225 e. The summed E-state index contributed by atoms with van der Waals surface area (Å²) in [5, 5.41) is 0. The Morgan fingerprint density at radius 3 is 1.92 bits per heavy atom. The van der Waals surface area contributed by atoms with E-state index < -0.39 is 0 Å². The lowest BCUT2D eigenvalue weighted by molar-refractivity contribution is -0.633. The molecule has 0 radical (unpaired) electrons. The Morgan fingerprint density at radius 2 is 1.33 bits per heavy atom. The quantitative estimate of drug-likeness (QED) is 0.206. The number of hydrogen-bond acceptors (Lipinski definition) is 0. The summed E-state index contributed by atoms with van der Waals surface area (Å²) in [6.07, 6.45) is 0. The second-order valence-corrected chi connectivity index (χ2v) is 12.7. The molecule has 0 N–H and O–H groups in total. The molecule has 0 fully saturated rings. The van der Waals surface area contributed by atoms with Gasteiger partial charge in [0.1, 0.15) is 5.69 Å². The first-order valence-electron chi connectivity index (χ1n) is 14.3. The van der Waals surface area contributed by atoms with Crippen molar-refractivity contribution in [2.45, 2.75) is 72.6 Å².